The van der Waals surface area contributed by atoms with Crippen LogP contribution in [0.5, 0.6) is 11.5 Å². The van der Waals surface area contributed by atoms with E-state index in [2.05, 4.69) is 62.4 Å². The molecule has 3 saturated carbocycles. The molecule has 0 spiro atoms. The van der Waals surface area contributed by atoms with Crippen LogP contribution in [-0.4, -0.2) is 13.2 Å². The van der Waals surface area contributed by atoms with E-state index < -0.39 is 0 Å². The monoisotopic (exact) mass is 404 g/mol. The average Bonchev–Trinajstić information content (AvgIpc) is 3.49. The van der Waals surface area contributed by atoms with E-state index in [1.807, 2.05) is 0 Å². The number of rotatable bonds is 8. The Balaban J connectivity index is 1.24. The minimum atomic E-state index is 0.745. The molecule has 0 amide bonds. The Kier molecular flexibility index (Phi) is 5.76. The Morgan fingerprint density at radius 1 is 0.633 bits per heavy atom. The predicted molar refractivity (Wildman–Crippen MR) is 122 cm³/mol. The summed E-state index contributed by atoms with van der Waals surface area (Å²) in [6, 6.07) is 18.1. The molecule has 2 bridgehead atoms. The fourth-order valence-corrected chi connectivity index (χ4v) is 6.81. The van der Waals surface area contributed by atoms with E-state index >= 15 is 0 Å². The van der Waals surface area contributed by atoms with Gasteiger partial charge in [-0.3, -0.25) is 0 Å². The molecule has 2 heteroatoms. The van der Waals surface area contributed by atoms with Crippen LogP contribution in [0, 0.1) is 23.7 Å². The summed E-state index contributed by atoms with van der Waals surface area (Å²) in [5.41, 5.74) is 3.08. The molecule has 6 atom stereocenters. The second kappa shape index (κ2) is 8.65. The molecule has 0 heterocycles. The van der Waals surface area contributed by atoms with E-state index in [9.17, 15) is 0 Å². The van der Waals surface area contributed by atoms with Crippen LogP contribution >= 0.6 is 0 Å². The van der Waals surface area contributed by atoms with Crippen molar-refractivity contribution in [3.05, 3.63) is 59.7 Å². The molecular formula is C28H36O2. The van der Waals surface area contributed by atoms with Crippen LogP contribution in [0.1, 0.15) is 75.3 Å². The summed E-state index contributed by atoms with van der Waals surface area (Å²) in [4.78, 5) is 0. The Morgan fingerprint density at radius 3 is 1.80 bits per heavy atom. The van der Waals surface area contributed by atoms with E-state index in [4.69, 9.17) is 9.47 Å². The second-order valence-corrected chi connectivity index (χ2v) is 9.83. The van der Waals surface area contributed by atoms with Crippen LogP contribution in [0.2, 0.25) is 0 Å². The molecule has 0 aromatic heterocycles. The maximum atomic E-state index is 5.79. The molecule has 6 unspecified atom stereocenters. The largest absolute Gasteiger partial charge is 0.494 e. The molecule has 2 aromatic carbocycles. The lowest BCUT2D eigenvalue weighted by atomic mass is 9.73. The van der Waals surface area contributed by atoms with Gasteiger partial charge in [-0.25, -0.2) is 0 Å². The standard InChI is InChI=1S/C28H36O2/c1-3-13-29-23-9-5-19(6-10-23)21-15-26-22-17-25(28(18-22)27(26)16-21)20-7-11-24(12-8-20)30-14-4-2/h5-12,21-22,25-28H,3-4,13-18H2,1-2H3. The van der Waals surface area contributed by atoms with Gasteiger partial charge >= 0.3 is 0 Å². The van der Waals surface area contributed by atoms with Gasteiger partial charge in [0.1, 0.15) is 11.5 Å². The molecule has 0 aliphatic heterocycles. The van der Waals surface area contributed by atoms with E-state index in [1.165, 1.54) is 31.2 Å². The van der Waals surface area contributed by atoms with Crippen LogP contribution in [0.4, 0.5) is 0 Å². The van der Waals surface area contributed by atoms with Crippen LogP contribution in [-0.2, 0) is 0 Å². The Bertz CT molecular complexity index is 825. The maximum absolute atomic E-state index is 5.79. The van der Waals surface area contributed by atoms with Gasteiger partial charge in [0.2, 0.25) is 0 Å². The highest BCUT2D eigenvalue weighted by molar-refractivity contribution is 5.34. The molecule has 3 aliphatic rings. The third-order valence-corrected chi connectivity index (χ3v) is 8.07. The summed E-state index contributed by atoms with van der Waals surface area (Å²) >= 11 is 0. The highest BCUT2D eigenvalue weighted by Gasteiger charge is 2.56. The third-order valence-electron chi connectivity index (χ3n) is 8.07. The quantitative estimate of drug-likeness (QED) is 0.463. The zero-order valence-corrected chi connectivity index (χ0v) is 18.6. The van der Waals surface area contributed by atoms with Gasteiger partial charge in [0.15, 0.2) is 0 Å². The van der Waals surface area contributed by atoms with E-state index in [0.29, 0.717) is 0 Å². The van der Waals surface area contributed by atoms with E-state index in [1.54, 1.807) is 5.56 Å². The topological polar surface area (TPSA) is 18.5 Å². The average molecular weight is 405 g/mol. The zero-order valence-electron chi connectivity index (χ0n) is 18.6. The first-order valence-electron chi connectivity index (χ1n) is 12.2. The van der Waals surface area contributed by atoms with Crippen molar-refractivity contribution in [3.8, 4) is 11.5 Å². The second-order valence-electron chi connectivity index (χ2n) is 9.83. The predicted octanol–water partition coefficient (Wildman–Crippen LogP) is 7.20. The van der Waals surface area contributed by atoms with Crippen molar-refractivity contribution in [1.82, 2.24) is 0 Å². The fourth-order valence-electron chi connectivity index (χ4n) is 6.81. The van der Waals surface area contributed by atoms with Crippen molar-refractivity contribution in [2.75, 3.05) is 13.2 Å². The number of benzene rings is 2. The number of hydrogen-bond acceptors (Lipinski definition) is 2. The molecule has 3 aliphatic carbocycles. The summed E-state index contributed by atoms with van der Waals surface area (Å²) in [5.74, 6) is 7.26. The van der Waals surface area contributed by atoms with Gasteiger partial charge in [-0.2, -0.15) is 0 Å². The summed E-state index contributed by atoms with van der Waals surface area (Å²) in [5, 5.41) is 0. The van der Waals surface area contributed by atoms with Crippen molar-refractivity contribution in [2.24, 2.45) is 23.7 Å². The number of ether oxygens (including phenoxy) is 2. The highest BCUT2D eigenvalue weighted by atomic mass is 16.5. The minimum Gasteiger partial charge on any atom is -0.494 e. The highest BCUT2D eigenvalue weighted by Crippen LogP contribution is 2.65. The summed E-state index contributed by atoms with van der Waals surface area (Å²) < 4.78 is 11.6. The van der Waals surface area contributed by atoms with Crippen molar-refractivity contribution in [1.29, 1.82) is 0 Å². The minimum absolute atomic E-state index is 0.745. The molecular weight excluding hydrogens is 368 g/mol. The Morgan fingerprint density at radius 2 is 1.20 bits per heavy atom. The molecule has 5 rings (SSSR count). The number of fused-ring (bicyclic) bond motifs is 5. The SMILES string of the molecule is CCCOc1ccc(C2CC3C4CC(c5ccc(OCCC)cc5)C(C4)C3C2)cc1. The lowest BCUT2D eigenvalue weighted by molar-refractivity contribution is 0.232. The molecule has 2 nitrogen and oxygen atoms in total. The fraction of sp³-hybridized carbons (Fsp3) is 0.571. The normalized spacial score (nSPS) is 31.7. The van der Waals surface area contributed by atoms with Gasteiger partial charge in [0.25, 0.3) is 0 Å². The van der Waals surface area contributed by atoms with Crippen LogP contribution in [0.15, 0.2) is 48.5 Å². The molecule has 0 saturated heterocycles. The van der Waals surface area contributed by atoms with Crippen molar-refractivity contribution in [2.45, 2.75) is 64.2 Å². The Labute approximate surface area is 182 Å². The first kappa shape index (κ1) is 20.0. The number of hydrogen-bond donors (Lipinski definition) is 0. The first-order valence-corrected chi connectivity index (χ1v) is 12.2. The van der Waals surface area contributed by atoms with Crippen molar-refractivity contribution >= 4 is 0 Å². The molecule has 0 N–H and O–H groups in total. The maximum Gasteiger partial charge on any atom is 0.119 e. The van der Waals surface area contributed by atoms with Gasteiger partial charge in [0, 0.05) is 0 Å². The first-order chi connectivity index (χ1) is 14.8. The lowest BCUT2D eigenvalue weighted by Gasteiger charge is -2.31. The van der Waals surface area contributed by atoms with E-state index in [0.717, 1.165) is 73.1 Å². The van der Waals surface area contributed by atoms with Gasteiger partial charge in [-0.1, -0.05) is 38.1 Å². The van der Waals surface area contributed by atoms with Crippen LogP contribution < -0.4 is 9.47 Å². The smallest absolute Gasteiger partial charge is 0.119 e. The van der Waals surface area contributed by atoms with Gasteiger partial charge < -0.3 is 9.47 Å². The lowest BCUT2D eigenvalue weighted by Crippen LogP contribution is -2.23. The summed E-state index contributed by atoms with van der Waals surface area (Å²) in [6.07, 6.45) is 7.77. The molecule has 0 radical (unpaired) electrons. The molecule has 2 aromatic rings. The molecule has 160 valence electrons. The van der Waals surface area contributed by atoms with E-state index in [-0.39, 0.29) is 0 Å². The van der Waals surface area contributed by atoms with Crippen LogP contribution in [0.3, 0.4) is 0 Å². The Hall–Kier alpha value is -1.96. The van der Waals surface area contributed by atoms with Gasteiger partial charge in [-0.15, -0.1) is 0 Å². The van der Waals surface area contributed by atoms with Gasteiger partial charge in [-0.05, 0) is 109 Å². The van der Waals surface area contributed by atoms with Crippen molar-refractivity contribution < 1.29 is 9.47 Å². The summed E-state index contributed by atoms with van der Waals surface area (Å²) in [6.45, 7) is 5.93. The summed E-state index contributed by atoms with van der Waals surface area (Å²) in [7, 11) is 0. The van der Waals surface area contributed by atoms with Crippen LogP contribution in [0.25, 0.3) is 0 Å². The molecule has 30 heavy (non-hydrogen) atoms. The van der Waals surface area contributed by atoms with Gasteiger partial charge in [0.05, 0.1) is 13.2 Å². The molecule has 3 fully saturated rings. The third kappa shape index (κ3) is 3.74. The van der Waals surface area contributed by atoms with Crippen molar-refractivity contribution in [3.63, 3.8) is 0 Å². The zero-order chi connectivity index (χ0) is 20.5.